The smallest absolute Gasteiger partial charge is 0.274 e. The van der Waals surface area contributed by atoms with Crippen LogP contribution >= 0.6 is 0 Å². The van der Waals surface area contributed by atoms with Gasteiger partial charge in [0.25, 0.3) is 5.91 Å². The zero-order chi connectivity index (χ0) is 18.4. The lowest BCUT2D eigenvalue weighted by Gasteiger charge is -2.15. The van der Waals surface area contributed by atoms with Crippen LogP contribution in [0.1, 0.15) is 44.0 Å². The molecule has 0 spiro atoms. The Labute approximate surface area is 149 Å². The van der Waals surface area contributed by atoms with Crippen molar-refractivity contribution in [2.24, 2.45) is 5.92 Å². The van der Waals surface area contributed by atoms with Crippen molar-refractivity contribution in [3.63, 3.8) is 0 Å². The molecule has 25 heavy (non-hydrogen) atoms. The molecule has 2 aromatic rings. The van der Waals surface area contributed by atoms with Crippen LogP contribution in [-0.2, 0) is 0 Å². The van der Waals surface area contributed by atoms with Gasteiger partial charge in [-0.25, -0.2) is 9.97 Å². The molecule has 1 amide bonds. The first kappa shape index (κ1) is 18.7. The summed E-state index contributed by atoms with van der Waals surface area (Å²) in [5.41, 5.74) is 0.937. The normalized spacial score (nSPS) is 10.8. The van der Waals surface area contributed by atoms with Gasteiger partial charge in [-0.1, -0.05) is 26.0 Å². The summed E-state index contributed by atoms with van der Waals surface area (Å²) in [4.78, 5) is 21.2. The van der Waals surface area contributed by atoms with Crippen molar-refractivity contribution in [1.82, 2.24) is 9.97 Å². The molecule has 0 aliphatic carbocycles. The summed E-state index contributed by atoms with van der Waals surface area (Å²) in [7, 11) is 0. The molecule has 2 rings (SSSR count). The molecule has 0 fully saturated rings. The predicted octanol–water partition coefficient (Wildman–Crippen LogP) is 3.89. The maximum absolute atomic E-state index is 12.6. The Kier molecular flexibility index (Phi) is 6.33. The first-order valence-electron chi connectivity index (χ1n) is 8.51. The fourth-order valence-electron chi connectivity index (χ4n) is 2.20. The zero-order valence-corrected chi connectivity index (χ0v) is 15.5. The Hall–Kier alpha value is -2.63. The summed E-state index contributed by atoms with van der Waals surface area (Å²) in [6.07, 6.45) is 0.0196. The molecule has 0 unspecified atom stereocenters. The van der Waals surface area contributed by atoms with Gasteiger partial charge in [0, 0.05) is 12.6 Å². The molecule has 1 heterocycles. The number of ether oxygens (including phenoxy) is 1. The predicted molar refractivity (Wildman–Crippen MR) is 100 cm³/mol. The molecule has 0 bridgehead atoms. The number of hydrogen-bond donors (Lipinski definition) is 2. The molecule has 1 aromatic heterocycles. The lowest BCUT2D eigenvalue weighted by molar-refractivity contribution is 0.102. The van der Waals surface area contributed by atoms with Gasteiger partial charge in [-0.15, -0.1) is 0 Å². The van der Waals surface area contributed by atoms with Gasteiger partial charge < -0.3 is 15.4 Å². The van der Waals surface area contributed by atoms with Crippen LogP contribution in [0, 0.1) is 12.8 Å². The number of para-hydroxylation sites is 2. The molecule has 6 nitrogen and oxygen atoms in total. The molecule has 6 heteroatoms. The maximum atomic E-state index is 12.6. The second-order valence-corrected chi connectivity index (χ2v) is 6.58. The van der Waals surface area contributed by atoms with Crippen molar-refractivity contribution < 1.29 is 9.53 Å². The van der Waals surface area contributed by atoms with E-state index in [4.69, 9.17) is 4.74 Å². The first-order chi connectivity index (χ1) is 11.8. The minimum absolute atomic E-state index is 0.0196. The summed E-state index contributed by atoms with van der Waals surface area (Å²) in [6, 6.07) is 9.02. The molecule has 0 atom stereocenters. The standard InChI is InChI=1S/C19H26N4O2/c1-12(2)11-20-18-10-16(21-14(5)22-18)19(24)23-15-8-6-7-9-17(15)25-13(3)4/h6-10,12-13H,11H2,1-5H3,(H,23,24)(H,20,21,22). The summed E-state index contributed by atoms with van der Waals surface area (Å²) in [5.74, 6) is 2.02. The van der Waals surface area contributed by atoms with Gasteiger partial charge >= 0.3 is 0 Å². The molecule has 1 aromatic carbocycles. The number of benzene rings is 1. The van der Waals surface area contributed by atoms with Gasteiger partial charge in [-0.2, -0.15) is 0 Å². The van der Waals surface area contributed by atoms with E-state index in [1.807, 2.05) is 38.1 Å². The molecule has 2 N–H and O–H groups in total. The third kappa shape index (κ3) is 5.74. The number of nitrogens with one attached hydrogen (secondary N) is 2. The van der Waals surface area contributed by atoms with E-state index in [9.17, 15) is 4.79 Å². The number of nitrogens with zero attached hydrogens (tertiary/aromatic N) is 2. The van der Waals surface area contributed by atoms with Crippen molar-refractivity contribution in [2.75, 3.05) is 17.2 Å². The molecular weight excluding hydrogens is 316 g/mol. The monoisotopic (exact) mass is 342 g/mol. The number of carbonyl (C=O) groups excluding carboxylic acids is 1. The Morgan fingerprint density at radius 1 is 1.16 bits per heavy atom. The fourth-order valence-corrected chi connectivity index (χ4v) is 2.20. The first-order valence-corrected chi connectivity index (χ1v) is 8.51. The second kappa shape index (κ2) is 8.46. The lowest BCUT2D eigenvalue weighted by atomic mass is 10.2. The molecule has 0 radical (unpaired) electrons. The Balaban J connectivity index is 2.18. The number of aryl methyl sites for hydroxylation is 1. The van der Waals surface area contributed by atoms with Crippen molar-refractivity contribution in [1.29, 1.82) is 0 Å². The molecule has 0 aliphatic rings. The fraction of sp³-hybridized carbons (Fsp3) is 0.421. The highest BCUT2D eigenvalue weighted by Crippen LogP contribution is 2.25. The average Bonchev–Trinajstić information content (AvgIpc) is 2.53. The third-order valence-electron chi connectivity index (χ3n) is 3.26. The Bertz CT molecular complexity index is 729. The van der Waals surface area contributed by atoms with E-state index in [1.54, 1.807) is 13.0 Å². The minimum Gasteiger partial charge on any atom is -0.489 e. The van der Waals surface area contributed by atoms with E-state index in [-0.39, 0.29) is 12.0 Å². The van der Waals surface area contributed by atoms with E-state index < -0.39 is 0 Å². The van der Waals surface area contributed by atoms with Crippen LogP contribution in [0.25, 0.3) is 0 Å². The summed E-state index contributed by atoms with van der Waals surface area (Å²) >= 11 is 0. The highest BCUT2D eigenvalue weighted by atomic mass is 16.5. The van der Waals surface area contributed by atoms with Gasteiger partial charge in [0.15, 0.2) is 0 Å². The zero-order valence-electron chi connectivity index (χ0n) is 15.5. The summed E-state index contributed by atoms with van der Waals surface area (Å²) in [5, 5.41) is 6.10. The quantitative estimate of drug-likeness (QED) is 0.798. The molecule has 134 valence electrons. The van der Waals surface area contributed by atoms with Crippen LogP contribution in [0.4, 0.5) is 11.5 Å². The number of amides is 1. The highest BCUT2D eigenvalue weighted by molar-refractivity contribution is 6.04. The molecular formula is C19H26N4O2. The SMILES string of the molecule is Cc1nc(NCC(C)C)cc(C(=O)Nc2ccccc2OC(C)C)n1. The van der Waals surface area contributed by atoms with E-state index in [0.717, 1.165) is 6.54 Å². The van der Waals surface area contributed by atoms with E-state index in [0.29, 0.717) is 34.7 Å². The van der Waals surface area contributed by atoms with E-state index >= 15 is 0 Å². The number of aromatic nitrogens is 2. The summed E-state index contributed by atoms with van der Waals surface area (Å²) < 4.78 is 5.73. The van der Waals surface area contributed by atoms with Gasteiger partial charge in [0.05, 0.1) is 11.8 Å². The van der Waals surface area contributed by atoms with Crippen molar-refractivity contribution >= 4 is 17.4 Å². The van der Waals surface area contributed by atoms with Crippen LogP contribution < -0.4 is 15.4 Å². The van der Waals surface area contributed by atoms with Gasteiger partial charge in [-0.3, -0.25) is 4.79 Å². The number of rotatable bonds is 7. The van der Waals surface area contributed by atoms with Gasteiger partial charge in [0.1, 0.15) is 23.1 Å². The van der Waals surface area contributed by atoms with Crippen LogP contribution in [0.3, 0.4) is 0 Å². The lowest BCUT2D eigenvalue weighted by Crippen LogP contribution is -2.18. The van der Waals surface area contributed by atoms with Crippen LogP contribution in [0.15, 0.2) is 30.3 Å². The molecule has 0 saturated heterocycles. The minimum atomic E-state index is -0.294. The second-order valence-electron chi connectivity index (χ2n) is 6.58. The third-order valence-corrected chi connectivity index (χ3v) is 3.26. The number of anilines is 2. The number of carbonyl (C=O) groups is 1. The van der Waals surface area contributed by atoms with Crippen LogP contribution in [-0.4, -0.2) is 28.5 Å². The van der Waals surface area contributed by atoms with Crippen molar-refractivity contribution in [3.8, 4) is 5.75 Å². The maximum Gasteiger partial charge on any atom is 0.274 e. The highest BCUT2D eigenvalue weighted by Gasteiger charge is 2.14. The summed E-state index contributed by atoms with van der Waals surface area (Å²) in [6.45, 7) is 10.7. The van der Waals surface area contributed by atoms with Crippen LogP contribution in [0.2, 0.25) is 0 Å². The van der Waals surface area contributed by atoms with Gasteiger partial charge in [-0.05, 0) is 38.8 Å². The largest absolute Gasteiger partial charge is 0.489 e. The molecule has 0 aliphatic heterocycles. The Morgan fingerprint density at radius 2 is 1.88 bits per heavy atom. The van der Waals surface area contributed by atoms with E-state index in [2.05, 4.69) is 34.4 Å². The average molecular weight is 342 g/mol. The number of hydrogen-bond acceptors (Lipinski definition) is 5. The van der Waals surface area contributed by atoms with Crippen molar-refractivity contribution in [3.05, 3.63) is 41.9 Å². The molecule has 0 saturated carbocycles. The van der Waals surface area contributed by atoms with Crippen LogP contribution in [0.5, 0.6) is 5.75 Å². The topological polar surface area (TPSA) is 76.1 Å². The van der Waals surface area contributed by atoms with E-state index in [1.165, 1.54) is 0 Å². The Morgan fingerprint density at radius 3 is 2.56 bits per heavy atom. The van der Waals surface area contributed by atoms with Crippen molar-refractivity contribution in [2.45, 2.75) is 40.7 Å². The van der Waals surface area contributed by atoms with Gasteiger partial charge in [0.2, 0.25) is 0 Å².